The summed E-state index contributed by atoms with van der Waals surface area (Å²) in [6.07, 6.45) is 5.82. The molecule has 6 rings (SSSR count). The van der Waals surface area contributed by atoms with E-state index in [1.165, 1.54) is 12.5 Å². The number of hydrogen-bond donors (Lipinski definition) is 1. The number of aromatic nitrogens is 3. The molecule has 1 aromatic carbocycles. The largest absolute Gasteiger partial charge is 0.351 e. The number of likely N-dealkylation sites (tertiary alicyclic amines) is 1. The Morgan fingerprint density at radius 3 is 2.70 bits per heavy atom. The number of carbonyl (C=O) groups excluding carboxylic acids is 3. The molecule has 1 N–H and O–H groups in total. The fourth-order valence-corrected chi connectivity index (χ4v) is 5.36. The van der Waals surface area contributed by atoms with Crippen LogP contribution in [0.4, 0.5) is 0 Å². The van der Waals surface area contributed by atoms with E-state index in [1.54, 1.807) is 28.0 Å². The summed E-state index contributed by atoms with van der Waals surface area (Å²) in [4.78, 5) is 44.3. The zero-order valence-electron chi connectivity index (χ0n) is 18.3. The lowest BCUT2D eigenvalue weighted by Crippen LogP contribution is -2.49. The summed E-state index contributed by atoms with van der Waals surface area (Å²) in [5.41, 5.74) is 2.25. The standard InChI is InChI=1S/C25H25N5O3/c1-14(31)24-18-12-26-8-7-20(18)29(28-24)13-23(32)30-21-9-16(21)10-22(30)25(33)27-19-11-17(19)15-5-3-2-4-6-15/h2-8,12,16-17,19,21-22H,9-11,13H2,1H3,(H,27,33)/t16-,17+,19-,21?,22+/m1/s1. The van der Waals surface area contributed by atoms with E-state index in [9.17, 15) is 14.4 Å². The molecule has 5 atom stereocenters. The number of benzene rings is 1. The van der Waals surface area contributed by atoms with Crippen LogP contribution in [0.3, 0.4) is 0 Å². The topological polar surface area (TPSA) is 97.2 Å². The molecule has 1 saturated heterocycles. The number of hydrogen-bond acceptors (Lipinski definition) is 5. The molecule has 33 heavy (non-hydrogen) atoms. The molecule has 8 nitrogen and oxygen atoms in total. The Labute approximate surface area is 191 Å². The average Bonchev–Trinajstić information content (AvgIpc) is 3.70. The third-order valence-electron chi connectivity index (χ3n) is 7.21. The summed E-state index contributed by atoms with van der Waals surface area (Å²) >= 11 is 0. The van der Waals surface area contributed by atoms with Crippen LogP contribution in [-0.2, 0) is 16.1 Å². The first-order chi connectivity index (χ1) is 16.0. The van der Waals surface area contributed by atoms with Crippen molar-refractivity contribution in [3.8, 4) is 0 Å². The van der Waals surface area contributed by atoms with Gasteiger partial charge in [0.2, 0.25) is 11.8 Å². The number of rotatable bonds is 6. The molecule has 3 fully saturated rings. The predicted molar refractivity (Wildman–Crippen MR) is 120 cm³/mol. The van der Waals surface area contributed by atoms with Gasteiger partial charge in [0, 0.05) is 42.7 Å². The molecular formula is C25H25N5O3. The minimum absolute atomic E-state index is 0.00311. The van der Waals surface area contributed by atoms with Gasteiger partial charge in [-0.1, -0.05) is 30.3 Å². The van der Waals surface area contributed by atoms with Gasteiger partial charge < -0.3 is 10.2 Å². The van der Waals surface area contributed by atoms with Gasteiger partial charge in [-0.25, -0.2) is 0 Å². The van der Waals surface area contributed by atoms with Crippen molar-refractivity contribution in [2.75, 3.05) is 0 Å². The molecule has 1 unspecified atom stereocenters. The van der Waals surface area contributed by atoms with Gasteiger partial charge >= 0.3 is 0 Å². The molecule has 2 saturated carbocycles. The number of nitrogens with zero attached hydrogens (tertiary/aromatic N) is 4. The maximum atomic E-state index is 13.4. The molecule has 0 spiro atoms. The highest BCUT2D eigenvalue weighted by atomic mass is 16.2. The summed E-state index contributed by atoms with van der Waals surface area (Å²) in [5.74, 6) is 0.395. The number of carbonyl (C=O) groups is 3. The van der Waals surface area contributed by atoms with Gasteiger partial charge in [0.05, 0.1) is 5.52 Å². The predicted octanol–water partition coefficient (Wildman–Crippen LogP) is 2.30. The van der Waals surface area contributed by atoms with Gasteiger partial charge in [-0.2, -0.15) is 5.10 Å². The molecule has 2 amide bonds. The van der Waals surface area contributed by atoms with Crippen LogP contribution >= 0.6 is 0 Å². The zero-order valence-corrected chi connectivity index (χ0v) is 18.3. The number of pyridine rings is 1. The maximum Gasteiger partial charge on any atom is 0.245 e. The van der Waals surface area contributed by atoms with Crippen molar-refractivity contribution >= 4 is 28.5 Å². The molecule has 8 heteroatoms. The molecule has 3 aliphatic rings. The quantitative estimate of drug-likeness (QED) is 0.590. The SMILES string of the molecule is CC(=O)c1nn(CC(=O)N2C3C[C@@H]3C[C@H]2C(=O)N[C@@H]2C[C@H]2c2ccccc2)c2ccncc12. The van der Waals surface area contributed by atoms with Crippen molar-refractivity contribution < 1.29 is 14.4 Å². The van der Waals surface area contributed by atoms with Crippen LogP contribution < -0.4 is 5.32 Å². The van der Waals surface area contributed by atoms with Gasteiger partial charge in [-0.3, -0.25) is 24.0 Å². The summed E-state index contributed by atoms with van der Waals surface area (Å²) in [6.45, 7) is 1.45. The van der Waals surface area contributed by atoms with Crippen LogP contribution in [0.2, 0.25) is 0 Å². The first kappa shape index (κ1) is 20.1. The summed E-state index contributed by atoms with van der Waals surface area (Å²) in [5, 5.41) is 8.20. The maximum absolute atomic E-state index is 13.4. The second-order valence-electron chi connectivity index (χ2n) is 9.44. The lowest BCUT2D eigenvalue weighted by Gasteiger charge is -2.27. The van der Waals surface area contributed by atoms with Gasteiger partial charge in [0.15, 0.2) is 5.78 Å². The molecule has 3 heterocycles. The van der Waals surface area contributed by atoms with Crippen LogP contribution in [-0.4, -0.2) is 55.4 Å². The Morgan fingerprint density at radius 1 is 1.09 bits per heavy atom. The molecular weight excluding hydrogens is 418 g/mol. The van der Waals surface area contributed by atoms with E-state index in [-0.39, 0.29) is 36.2 Å². The van der Waals surface area contributed by atoms with Crippen molar-refractivity contribution in [1.82, 2.24) is 25.0 Å². The second kappa shape index (κ2) is 7.50. The Bertz CT molecular complexity index is 1270. The van der Waals surface area contributed by atoms with E-state index in [4.69, 9.17) is 0 Å². The highest BCUT2D eigenvalue weighted by Crippen LogP contribution is 2.48. The molecule has 2 aliphatic carbocycles. The lowest BCUT2D eigenvalue weighted by atomic mass is 10.1. The zero-order chi connectivity index (χ0) is 22.7. The van der Waals surface area contributed by atoms with Crippen LogP contribution in [0.1, 0.15) is 48.2 Å². The minimum atomic E-state index is -0.436. The highest BCUT2D eigenvalue weighted by Gasteiger charge is 2.56. The number of ketones is 1. The number of nitrogens with one attached hydrogen (secondary N) is 1. The van der Waals surface area contributed by atoms with E-state index in [1.807, 2.05) is 18.2 Å². The normalized spacial score (nSPS) is 27.3. The monoisotopic (exact) mass is 443 g/mol. The Kier molecular flexibility index (Phi) is 4.57. The van der Waals surface area contributed by atoms with Crippen LogP contribution in [0.25, 0.3) is 10.9 Å². The summed E-state index contributed by atoms with van der Waals surface area (Å²) in [7, 11) is 0. The number of piperidine rings is 1. The molecule has 1 aliphatic heterocycles. The number of fused-ring (bicyclic) bond motifs is 2. The third-order valence-corrected chi connectivity index (χ3v) is 7.21. The highest BCUT2D eigenvalue weighted by molar-refractivity contribution is 6.04. The lowest BCUT2D eigenvalue weighted by molar-refractivity contribution is -0.140. The van der Waals surface area contributed by atoms with Crippen LogP contribution in [0, 0.1) is 5.92 Å². The van der Waals surface area contributed by atoms with Crippen LogP contribution in [0.15, 0.2) is 48.8 Å². The van der Waals surface area contributed by atoms with Crippen molar-refractivity contribution in [2.45, 2.75) is 56.8 Å². The fourth-order valence-electron chi connectivity index (χ4n) is 5.36. The van der Waals surface area contributed by atoms with Crippen molar-refractivity contribution in [3.63, 3.8) is 0 Å². The van der Waals surface area contributed by atoms with Gasteiger partial charge in [-0.05, 0) is 36.8 Å². The van der Waals surface area contributed by atoms with E-state index >= 15 is 0 Å². The van der Waals surface area contributed by atoms with Gasteiger partial charge in [0.1, 0.15) is 18.3 Å². The summed E-state index contributed by atoms with van der Waals surface area (Å²) < 4.78 is 1.56. The van der Waals surface area contributed by atoms with E-state index in [0.29, 0.717) is 34.9 Å². The van der Waals surface area contributed by atoms with Crippen LogP contribution in [0.5, 0.6) is 0 Å². The summed E-state index contributed by atoms with van der Waals surface area (Å²) in [6, 6.07) is 11.8. The number of Topliss-reactive ketones (excluding diaryl/α,β-unsaturated/α-hetero) is 1. The smallest absolute Gasteiger partial charge is 0.245 e. The first-order valence-corrected chi connectivity index (χ1v) is 11.5. The Balaban J connectivity index is 1.18. The van der Waals surface area contributed by atoms with Gasteiger partial charge in [0.25, 0.3) is 0 Å². The van der Waals surface area contributed by atoms with Crippen molar-refractivity contribution in [2.24, 2.45) is 5.92 Å². The minimum Gasteiger partial charge on any atom is -0.351 e. The Morgan fingerprint density at radius 2 is 1.91 bits per heavy atom. The van der Waals surface area contributed by atoms with Crippen molar-refractivity contribution in [3.05, 3.63) is 60.0 Å². The molecule has 3 aromatic rings. The van der Waals surface area contributed by atoms with E-state index < -0.39 is 6.04 Å². The Hall–Kier alpha value is -3.55. The second-order valence-corrected chi connectivity index (χ2v) is 9.44. The first-order valence-electron chi connectivity index (χ1n) is 11.5. The molecule has 168 valence electrons. The third kappa shape index (κ3) is 3.50. The van der Waals surface area contributed by atoms with E-state index in [2.05, 4.69) is 27.5 Å². The fraction of sp³-hybridized carbons (Fsp3) is 0.400. The van der Waals surface area contributed by atoms with Crippen molar-refractivity contribution in [1.29, 1.82) is 0 Å². The van der Waals surface area contributed by atoms with E-state index in [0.717, 1.165) is 12.8 Å². The average molecular weight is 444 g/mol. The van der Waals surface area contributed by atoms with Gasteiger partial charge in [-0.15, -0.1) is 0 Å². The molecule has 0 radical (unpaired) electrons. The molecule has 0 bridgehead atoms. The number of amides is 2. The molecule has 2 aromatic heterocycles.